The SMILES string of the molecule is Cc1cccc(CN2CCN(C(=O)COC(=O)CN3C(=O)CSc4ccccc43)CC2)c1. The molecule has 1 saturated heterocycles. The van der Waals surface area contributed by atoms with Crippen molar-refractivity contribution in [3.63, 3.8) is 0 Å². The largest absolute Gasteiger partial charge is 0.454 e. The van der Waals surface area contributed by atoms with Gasteiger partial charge in [0, 0.05) is 37.6 Å². The Morgan fingerprint density at radius 1 is 1.03 bits per heavy atom. The van der Waals surface area contributed by atoms with Crippen LogP contribution in [0.5, 0.6) is 0 Å². The molecule has 2 aromatic rings. The van der Waals surface area contributed by atoms with Crippen molar-refractivity contribution in [1.29, 1.82) is 0 Å². The van der Waals surface area contributed by atoms with Crippen molar-refractivity contribution in [2.75, 3.05) is 50.0 Å². The Hall–Kier alpha value is -2.84. The zero-order chi connectivity index (χ0) is 22.5. The number of carbonyl (C=O) groups is 3. The first kappa shape index (κ1) is 22.4. The van der Waals surface area contributed by atoms with Gasteiger partial charge in [-0.3, -0.25) is 24.2 Å². The van der Waals surface area contributed by atoms with E-state index < -0.39 is 5.97 Å². The molecule has 0 unspecified atom stereocenters. The normalized spacial score (nSPS) is 16.6. The molecule has 2 aliphatic heterocycles. The summed E-state index contributed by atoms with van der Waals surface area (Å²) in [5, 5.41) is 0. The number of hydrogen-bond acceptors (Lipinski definition) is 6. The number of benzene rings is 2. The Kier molecular flexibility index (Phi) is 7.12. The second-order valence-corrected chi connectivity index (χ2v) is 9.06. The molecule has 2 aliphatic rings. The molecule has 0 N–H and O–H groups in total. The maximum Gasteiger partial charge on any atom is 0.326 e. The van der Waals surface area contributed by atoms with E-state index >= 15 is 0 Å². The molecule has 0 atom stereocenters. The molecule has 2 amide bonds. The molecule has 0 saturated carbocycles. The van der Waals surface area contributed by atoms with Gasteiger partial charge in [0.2, 0.25) is 5.91 Å². The van der Waals surface area contributed by atoms with E-state index in [9.17, 15) is 14.4 Å². The lowest BCUT2D eigenvalue weighted by Crippen LogP contribution is -2.49. The fraction of sp³-hybridized carbons (Fsp3) is 0.375. The van der Waals surface area contributed by atoms with Crippen LogP contribution in [0.15, 0.2) is 53.4 Å². The van der Waals surface area contributed by atoms with Gasteiger partial charge >= 0.3 is 5.97 Å². The monoisotopic (exact) mass is 453 g/mol. The lowest BCUT2D eigenvalue weighted by atomic mass is 10.1. The predicted molar refractivity (Wildman–Crippen MR) is 124 cm³/mol. The molecule has 0 aliphatic carbocycles. The molecule has 0 bridgehead atoms. The van der Waals surface area contributed by atoms with E-state index in [2.05, 4.69) is 36.1 Å². The third-order valence-electron chi connectivity index (χ3n) is 5.67. The van der Waals surface area contributed by atoms with Crippen LogP contribution in [0.3, 0.4) is 0 Å². The molecule has 32 heavy (non-hydrogen) atoms. The highest BCUT2D eigenvalue weighted by molar-refractivity contribution is 8.00. The number of para-hydroxylation sites is 1. The number of aryl methyl sites for hydroxylation is 1. The first-order valence-corrected chi connectivity index (χ1v) is 11.7. The number of piperazine rings is 1. The number of rotatable bonds is 6. The number of anilines is 1. The summed E-state index contributed by atoms with van der Waals surface area (Å²) in [7, 11) is 0. The molecular formula is C24H27N3O4S. The summed E-state index contributed by atoms with van der Waals surface area (Å²) < 4.78 is 5.21. The van der Waals surface area contributed by atoms with E-state index in [4.69, 9.17) is 4.74 Å². The third kappa shape index (κ3) is 5.49. The summed E-state index contributed by atoms with van der Waals surface area (Å²) >= 11 is 1.46. The van der Waals surface area contributed by atoms with Crippen molar-refractivity contribution in [3.8, 4) is 0 Å². The molecule has 168 valence electrons. The highest BCUT2D eigenvalue weighted by Crippen LogP contribution is 2.34. The van der Waals surface area contributed by atoms with Gasteiger partial charge in [0.1, 0.15) is 6.54 Å². The van der Waals surface area contributed by atoms with Gasteiger partial charge < -0.3 is 9.64 Å². The zero-order valence-corrected chi connectivity index (χ0v) is 19.0. The van der Waals surface area contributed by atoms with Crippen LogP contribution in [0.1, 0.15) is 11.1 Å². The van der Waals surface area contributed by atoms with Crippen molar-refractivity contribution in [3.05, 3.63) is 59.7 Å². The van der Waals surface area contributed by atoms with Crippen molar-refractivity contribution in [2.24, 2.45) is 0 Å². The van der Waals surface area contributed by atoms with Crippen molar-refractivity contribution in [2.45, 2.75) is 18.4 Å². The van der Waals surface area contributed by atoms with E-state index in [1.165, 1.54) is 27.8 Å². The summed E-state index contributed by atoms with van der Waals surface area (Å²) in [6.45, 7) is 5.25. The first-order chi connectivity index (χ1) is 15.5. The van der Waals surface area contributed by atoms with Crippen LogP contribution in [0, 0.1) is 6.92 Å². The summed E-state index contributed by atoms with van der Waals surface area (Å²) in [5.41, 5.74) is 3.22. The minimum absolute atomic E-state index is 0.137. The fourth-order valence-corrected chi connectivity index (χ4v) is 4.90. The number of carbonyl (C=O) groups excluding carboxylic acids is 3. The second-order valence-electron chi connectivity index (χ2n) is 8.04. The van der Waals surface area contributed by atoms with E-state index in [1.807, 2.05) is 24.3 Å². The molecule has 7 nitrogen and oxygen atoms in total. The summed E-state index contributed by atoms with van der Waals surface area (Å²) in [6, 6.07) is 15.9. The maximum absolute atomic E-state index is 12.5. The average Bonchev–Trinajstić information content (AvgIpc) is 2.80. The predicted octanol–water partition coefficient (Wildman–Crippen LogP) is 2.32. The Morgan fingerprint density at radius 2 is 1.81 bits per heavy atom. The smallest absolute Gasteiger partial charge is 0.326 e. The maximum atomic E-state index is 12.5. The Morgan fingerprint density at radius 3 is 2.59 bits per heavy atom. The zero-order valence-electron chi connectivity index (χ0n) is 18.2. The van der Waals surface area contributed by atoms with Gasteiger partial charge in [-0.15, -0.1) is 11.8 Å². The van der Waals surface area contributed by atoms with Crippen molar-refractivity contribution >= 4 is 35.2 Å². The summed E-state index contributed by atoms with van der Waals surface area (Å²) in [5.74, 6) is -0.626. The standard InChI is InChI=1S/C24H27N3O4S/c1-18-5-4-6-19(13-18)14-25-9-11-26(12-10-25)22(28)16-31-24(30)15-27-20-7-2-3-8-21(20)32-17-23(27)29/h2-8,13H,9-12,14-17H2,1H3. The molecule has 4 rings (SSSR count). The van der Waals surface area contributed by atoms with Crippen LogP contribution >= 0.6 is 11.8 Å². The van der Waals surface area contributed by atoms with Gasteiger partial charge in [-0.2, -0.15) is 0 Å². The fourth-order valence-electron chi connectivity index (χ4n) is 3.96. The second kappa shape index (κ2) is 10.2. The van der Waals surface area contributed by atoms with Crippen LogP contribution in [-0.2, 0) is 25.7 Å². The molecule has 8 heteroatoms. The van der Waals surface area contributed by atoms with Gasteiger partial charge in [0.15, 0.2) is 6.61 Å². The van der Waals surface area contributed by atoms with Gasteiger partial charge in [-0.1, -0.05) is 42.0 Å². The molecular weight excluding hydrogens is 426 g/mol. The number of hydrogen-bond donors (Lipinski definition) is 0. The Bertz CT molecular complexity index is 1000. The Balaban J connectivity index is 1.22. The van der Waals surface area contributed by atoms with E-state index in [0.717, 1.165) is 24.5 Å². The van der Waals surface area contributed by atoms with Crippen LogP contribution < -0.4 is 4.90 Å². The van der Waals surface area contributed by atoms with Gasteiger partial charge in [-0.25, -0.2) is 0 Å². The van der Waals surface area contributed by atoms with Gasteiger partial charge in [0.25, 0.3) is 5.91 Å². The number of nitrogens with zero attached hydrogens (tertiary/aromatic N) is 3. The average molecular weight is 454 g/mol. The lowest BCUT2D eigenvalue weighted by molar-refractivity contribution is -0.151. The molecule has 0 spiro atoms. The number of ether oxygens (including phenoxy) is 1. The Labute approximate surface area is 192 Å². The summed E-state index contributed by atoms with van der Waals surface area (Å²) in [4.78, 5) is 43.6. The minimum atomic E-state index is -0.577. The molecule has 0 radical (unpaired) electrons. The van der Waals surface area contributed by atoms with Crippen LogP contribution in [0.2, 0.25) is 0 Å². The minimum Gasteiger partial charge on any atom is -0.454 e. The lowest BCUT2D eigenvalue weighted by Gasteiger charge is -2.34. The van der Waals surface area contributed by atoms with Gasteiger partial charge in [0.05, 0.1) is 11.4 Å². The van der Waals surface area contributed by atoms with Crippen LogP contribution in [0.4, 0.5) is 5.69 Å². The number of fused-ring (bicyclic) bond motifs is 1. The summed E-state index contributed by atoms with van der Waals surface area (Å²) in [6.07, 6.45) is 0. The molecule has 2 aromatic carbocycles. The van der Waals surface area contributed by atoms with Gasteiger partial charge in [-0.05, 0) is 24.6 Å². The highest BCUT2D eigenvalue weighted by Gasteiger charge is 2.27. The van der Waals surface area contributed by atoms with Crippen molar-refractivity contribution < 1.29 is 19.1 Å². The first-order valence-electron chi connectivity index (χ1n) is 10.7. The van der Waals surface area contributed by atoms with E-state index in [1.54, 1.807) is 4.90 Å². The number of thioether (sulfide) groups is 1. The topological polar surface area (TPSA) is 70.2 Å². The third-order valence-corrected chi connectivity index (χ3v) is 6.71. The quantitative estimate of drug-likeness (QED) is 0.626. The van der Waals surface area contributed by atoms with E-state index in [-0.39, 0.29) is 30.7 Å². The van der Waals surface area contributed by atoms with Crippen molar-refractivity contribution in [1.82, 2.24) is 9.80 Å². The number of amides is 2. The van der Waals surface area contributed by atoms with Crippen LogP contribution in [-0.4, -0.2) is 72.7 Å². The molecule has 2 heterocycles. The van der Waals surface area contributed by atoms with E-state index in [0.29, 0.717) is 18.8 Å². The van der Waals surface area contributed by atoms with Crippen LogP contribution in [0.25, 0.3) is 0 Å². The number of esters is 1. The molecule has 0 aromatic heterocycles. The molecule has 1 fully saturated rings. The highest BCUT2D eigenvalue weighted by atomic mass is 32.2.